The van der Waals surface area contributed by atoms with Gasteiger partial charge in [0.15, 0.2) is 0 Å². The number of fused-ring (bicyclic) bond motifs is 2. The molecule has 0 spiro atoms. The molecule has 0 N–H and O–H groups in total. The number of likely N-dealkylation sites (N-methyl/N-ethyl adjacent to an activating group) is 1. The van der Waals surface area contributed by atoms with Crippen LogP contribution in [0.4, 0.5) is 5.69 Å². The summed E-state index contributed by atoms with van der Waals surface area (Å²) in [5, 5.41) is 1.15. The highest BCUT2D eigenvalue weighted by molar-refractivity contribution is 6.04. The third-order valence-corrected chi connectivity index (χ3v) is 4.88. The van der Waals surface area contributed by atoms with Crippen molar-refractivity contribution in [3.63, 3.8) is 0 Å². The van der Waals surface area contributed by atoms with Crippen LogP contribution in [0, 0.1) is 13.8 Å². The number of nitrogens with zero attached hydrogens (tertiary/aromatic N) is 1. The van der Waals surface area contributed by atoms with E-state index in [2.05, 4.69) is 26.0 Å². The van der Waals surface area contributed by atoms with Gasteiger partial charge in [0.2, 0.25) is 5.91 Å². The first-order valence-electron chi connectivity index (χ1n) is 7.91. The molecular weight excluding hydrogens is 286 g/mol. The zero-order valence-corrected chi connectivity index (χ0v) is 13.6. The highest BCUT2D eigenvalue weighted by atomic mass is 16.3. The van der Waals surface area contributed by atoms with Gasteiger partial charge in [-0.3, -0.25) is 4.79 Å². The van der Waals surface area contributed by atoms with Crippen molar-refractivity contribution in [3.05, 3.63) is 64.9 Å². The number of carbonyl (C=O) groups is 1. The first-order valence-corrected chi connectivity index (χ1v) is 7.91. The van der Waals surface area contributed by atoms with Crippen LogP contribution in [-0.2, 0) is 11.2 Å². The lowest BCUT2D eigenvalue weighted by Gasteiger charge is -2.10. The van der Waals surface area contributed by atoms with Crippen LogP contribution in [0.25, 0.3) is 11.0 Å². The second kappa shape index (κ2) is 4.98. The molecule has 1 atom stereocenters. The largest absolute Gasteiger partial charge is 0.461 e. The fourth-order valence-electron chi connectivity index (χ4n) is 3.54. The maximum Gasteiger partial charge on any atom is 0.234 e. The molecule has 1 amide bonds. The summed E-state index contributed by atoms with van der Waals surface area (Å²) in [5.41, 5.74) is 5.36. The molecule has 0 aliphatic carbocycles. The van der Waals surface area contributed by atoms with Crippen LogP contribution < -0.4 is 4.90 Å². The summed E-state index contributed by atoms with van der Waals surface area (Å²) in [6.07, 6.45) is 0.611. The lowest BCUT2D eigenvalue weighted by atomic mass is 9.94. The maximum atomic E-state index is 12.6. The Hall–Kier alpha value is -2.55. The van der Waals surface area contributed by atoms with Crippen LogP contribution in [0.15, 0.2) is 46.9 Å². The van der Waals surface area contributed by atoms with Crippen molar-refractivity contribution in [3.8, 4) is 0 Å². The van der Waals surface area contributed by atoms with Gasteiger partial charge in [-0.1, -0.05) is 29.8 Å². The van der Waals surface area contributed by atoms with Gasteiger partial charge in [-0.25, -0.2) is 0 Å². The van der Waals surface area contributed by atoms with E-state index in [4.69, 9.17) is 4.42 Å². The minimum absolute atomic E-state index is 0.141. The summed E-state index contributed by atoms with van der Waals surface area (Å²) in [4.78, 5) is 14.4. The molecule has 116 valence electrons. The molecule has 23 heavy (non-hydrogen) atoms. The fourth-order valence-corrected chi connectivity index (χ4v) is 3.54. The molecule has 0 fully saturated rings. The normalized spacial score (nSPS) is 17.1. The van der Waals surface area contributed by atoms with Crippen molar-refractivity contribution >= 4 is 22.6 Å². The average Bonchev–Trinajstić information content (AvgIpc) is 2.99. The Morgan fingerprint density at radius 3 is 2.74 bits per heavy atom. The first-order chi connectivity index (χ1) is 11.1. The molecule has 0 saturated carbocycles. The molecule has 1 unspecified atom stereocenters. The minimum Gasteiger partial charge on any atom is -0.461 e. The zero-order valence-electron chi connectivity index (χ0n) is 13.6. The van der Waals surface area contributed by atoms with Crippen molar-refractivity contribution < 1.29 is 9.21 Å². The lowest BCUT2D eigenvalue weighted by Crippen LogP contribution is -2.24. The number of amides is 1. The number of rotatable bonds is 2. The number of hydrogen-bond acceptors (Lipinski definition) is 2. The van der Waals surface area contributed by atoms with E-state index in [1.165, 1.54) is 5.56 Å². The summed E-state index contributed by atoms with van der Waals surface area (Å²) < 4.78 is 6.04. The Bertz CT molecular complexity index is 923. The molecule has 4 rings (SSSR count). The SMILES string of the molecule is Cc1ccc2oc(CC3C(=O)N(C)c4ccccc43)c(C)c2c1. The quantitative estimate of drug-likeness (QED) is 0.705. The van der Waals surface area contributed by atoms with E-state index >= 15 is 0 Å². The van der Waals surface area contributed by atoms with Gasteiger partial charge in [0.25, 0.3) is 0 Å². The van der Waals surface area contributed by atoms with Crippen molar-refractivity contribution in [2.45, 2.75) is 26.2 Å². The highest BCUT2D eigenvalue weighted by Gasteiger charge is 2.35. The van der Waals surface area contributed by atoms with E-state index < -0.39 is 0 Å². The number of furan rings is 1. The molecule has 3 heteroatoms. The Morgan fingerprint density at radius 1 is 1.13 bits per heavy atom. The van der Waals surface area contributed by atoms with Gasteiger partial charge >= 0.3 is 0 Å². The molecule has 1 aliphatic rings. The smallest absolute Gasteiger partial charge is 0.234 e. The van der Waals surface area contributed by atoms with E-state index in [1.54, 1.807) is 4.90 Å². The second-order valence-electron chi connectivity index (χ2n) is 6.36. The molecular formula is C20H19NO2. The topological polar surface area (TPSA) is 33.5 Å². The van der Waals surface area contributed by atoms with E-state index in [9.17, 15) is 4.79 Å². The van der Waals surface area contributed by atoms with Gasteiger partial charge in [0, 0.05) is 24.5 Å². The molecule has 0 radical (unpaired) electrons. The van der Waals surface area contributed by atoms with Crippen LogP contribution in [0.2, 0.25) is 0 Å². The van der Waals surface area contributed by atoms with Gasteiger partial charge < -0.3 is 9.32 Å². The Labute approximate surface area is 135 Å². The molecule has 1 aliphatic heterocycles. The number of para-hydroxylation sites is 1. The van der Waals surface area contributed by atoms with E-state index in [-0.39, 0.29) is 11.8 Å². The Balaban J connectivity index is 1.77. The summed E-state index contributed by atoms with van der Waals surface area (Å²) >= 11 is 0. The molecule has 0 saturated heterocycles. The van der Waals surface area contributed by atoms with E-state index in [0.29, 0.717) is 6.42 Å². The monoisotopic (exact) mass is 305 g/mol. The van der Waals surface area contributed by atoms with Crippen LogP contribution in [0.5, 0.6) is 0 Å². The second-order valence-corrected chi connectivity index (χ2v) is 6.36. The van der Waals surface area contributed by atoms with Gasteiger partial charge in [-0.05, 0) is 43.2 Å². The van der Waals surface area contributed by atoms with Crippen molar-refractivity contribution in [1.29, 1.82) is 0 Å². The fraction of sp³-hybridized carbons (Fsp3) is 0.250. The van der Waals surface area contributed by atoms with Gasteiger partial charge in [0.05, 0.1) is 5.92 Å². The summed E-state index contributed by atoms with van der Waals surface area (Å²) in [6, 6.07) is 14.2. The molecule has 0 bridgehead atoms. The van der Waals surface area contributed by atoms with Crippen molar-refractivity contribution in [2.24, 2.45) is 0 Å². The number of aryl methyl sites for hydroxylation is 2. The third-order valence-electron chi connectivity index (χ3n) is 4.88. The van der Waals surface area contributed by atoms with E-state index in [1.807, 2.05) is 37.4 Å². The standard InChI is InChI=1S/C20H19NO2/c1-12-8-9-18-15(10-12)13(2)19(23-18)11-16-14-6-4-5-7-17(14)21(3)20(16)22/h4-10,16H,11H2,1-3H3. The van der Waals surface area contributed by atoms with Gasteiger partial charge in [0.1, 0.15) is 11.3 Å². The van der Waals surface area contributed by atoms with E-state index in [0.717, 1.165) is 33.5 Å². The van der Waals surface area contributed by atoms with Crippen LogP contribution in [0.1, 0.15) is 28.4 Å². The van der Waals surface area contributed by atoms with Gasteiger partial charge in [-0.15, -0.1) is 0 Å². The van der Waals surface area contributed by atoms with Crippen LogP contribution in [-0.4, -0.2) is 13.0 Å². The van der Waals surface area contributed by atoms with Crippen LogP contribution in [0.3, 0.4) is 0 Å². The number of benzene rings is 2. The first kappa shape index (κ1) is 14.1. The maximum absolute atomic E-state index is 12.6. The third kappa shape index (κ3) is 2.07. The highest BCUT2D eigenvalue weighted by Crippen LogP contribution is 2.39. The predicted molar refractivity (Wildman–Crippen MR) is 92.0 cm³/mol. The Morgan fingerprint density at radius 2 is 1.91 bits per heavy atom. The van der Waals surface area contributed by atoms with Gasteiger partial charge in [-0.2, -0.15) is 0 Å². The van der Waals surface area contributed by atoms with Crippen molar-refractivity contribution in [2.75, 3.05) is 11.9 Å². The zero-order chi connectivity index (χ0) is 16.1. The van der Waals surface area contributed by atoms with Crippen LogP contribution >= 0.6 is 0 Å². The molecule has 2 heterocycles. The molecule has 3 aromatic rings. The van der Waals surface area contributed by atoms with Crippen molar-refractivity contribution in [1.82, 2.24) is 0 Å². The summed E-state index contributed by atoms with van der Waals surface area (Å²) in [5.74, 6) is 0.896. The summed E-state index contributed by atoms with van der Waals surface area (Å²) in [7, 11) is 1.84. The average molecular weight is 305 g/mol. The minimum atomic E-state index is -0.156. The lowest BCUT2D eigenvalue weighted by molar-refractivity contribution is -0.119. The Kier molecular flexibility index (Phi) is 3.05. The number of hydrogen-bond donors (Lipinski definition) is 0. The molecule has 2 aromatic carbocycles. The number of anilines is 1. The summed E-state index contributed by atoms with van der Waals surface area (Å²) in [6.45, 7) is 4.16. The molecule has 3 nitrogen and oxygen atoms in total. The molecule has 1 aromatic heterocycles. The number of carbonyl (C=O) groups excluding carboxylic acids is 1. The predicted octanol–water partition coefficient (Wildman–Crippen LogP) is 4.35.